The number of nitrogens with two attached hydrogens (primary N) is 1. The predicted octanol–water partition coefficient (Wildman–Crippen LogP) is 5.08. The van der Waals surface area contributed by atoms with Crippen molar-refractivity contribution in [3.63, 3.8) is 0 Å². The van der Waals surface area contributed by atoms with Gasteiger partial charge in [-0.2, -0.15) is 0 Å². The third kappa shape index (κ3) is 4.87. The second-order valence-electron chi connectivity index (χ2n) is 6.58. The number of thiophene rings is 1. The van der Waals surface area contributed by atoms with Crippen LogP contribution in [0.5, 0.6) is 11.5 Å². The Morgan fingerprint density at radius 2 is 1.81 bits per heavy atom. The van der Waals surface area contributed by atoms with E-state index in [0.717, 1.165) is 11.3 Å². The fourth-order valence-corrected chi connectivity index (χ4v) is 4.18. The largest absolute Gasteiger partial charge is 0.493 e. The molecule has 0 atom stereocenters. The lowest BCUT2D eigenvalue weighted by Crippen LogP contribution is -2.15. The molecule has 0 bridgehead atoms. The van der Waals surface area contributed by atoms with Crippen LogP contribution in [0.1, 0.15) is 25.6 Å². The zero-order valence-corrected chi connectivity index (χ0v) is 19.1. The van der Waals surface area contributed by atoms with Crippen molar-refractivity contribution in [2.75, 3.05) is 37.1 Å². The van der Waals surface area contributed by atoms with Crippen LogP contribution in [-0.2, 0) is 0 Å². The Bertz CT molecular complexity index is 1160. The first-order valence-corrected chi connectivity index (χ1v) is 10.7. The standard InChI is InChI=1S/C23H22ClN3O4S/c1-4-11-26-23-18(22(29)27-15-8-6-14(24)7-9-15)19(25)21(32-23)20(28)13-5-10-16(30-2)17(12-13)31-3/h4-10,12,26H,1,11,25H2,2-3H3,(H,27,29). The number of nitrogen functional groups attached to an aromatic ring is 1. The highest BCUT2D eigenvalue weighted by Gasteiger charge is 2.27. The average molecular weight is 472 g/mol. The smallest absolute Gasteiger partial charge is 0.260 e. The van der Waals surface area contributed by atoms with Crippen LogP contribution in [0.4, 0.5) is 16.4 Å². The lowest BCUT2D eigenvalue weighted by atomic mass is 10.1. The Labute approximate surface area is 194 Å². The highest BCUT2D eigenvalue weighted by atomic mass is 35.5. The molecule has 0 saturated carbocycles. The predicted molar refractivity (Wildman–Crippen MR) is 130 cm³/mol. The minimum absolute atomic E-state index is 0.0906. The SMILES string of the molecule is C=CCNc1sc(C(=O)c2ccc(OC)c(OC)c2)c(N)c1C(=O)Nc1ccc(Cl)cc1. The molecule has 9 heteroatoms. The molecular weight excluding hydrogens is 450 g/mol. The molecule has 0 radical (unpaired) electrons. The van der Waals surface area contributed by atoms with Crippen molar-refractivity contribution >= 4 is 51.0 Å². The summed E-state index contributed by atoms with van der Waals surface area (Å²) in [5.74, 6) is 0.137. The number of nitrogens with one attached hydrogen (secondary N) is 2. The Morgan fingerprint density at radius 3 is 2.44 bits per heavy atom. The number of methoxy groups -OCH3 is 2. The molecule has 1 aromatic heterocycles. The molecule has 2 aromatic carbocycles. The summed E-state index contributed by atoms with van der Waals surface area (Å²) in [6, 6.07) is 11.5. The minimum Gasteiger partial charge on any atom is -0.493 e. The van der Waals surface area contributed by atoms with Gasteiger partial charge in [0.15, 0.2) is 11.5 Å². The molecule has 0 fully saturated rings. The number of ether oxygens (including phenoxy) is 2. The first-order valence-electron chi connectivity index (χ1n) is 9.50. The number of hydrogen-bond acceptors (Lipinski definition) is 7. The van der Waals surface area contributed by atoms with Crippen LogP contribution >= 0.6 is 22.9 Å². The summed E-state index contributed by atoms with van der Waals surface area (Å²) in [5.41, 5.74) is 7.49. The summed E-state index contributed by atoms with van der Waals surface area (Å²) < 4.78 is 10.5. The van der Waals surface area contributed by atoms with Crippen LogP contribution in [0, 0.1) is 0 Å². The second-order valence-corrected chi connectivity index (χ2v) is 8.04. The van der Waals surface area contributed by atoms with Gasteiger partial charge in [-0.05, 0) is 42.5 Å². The monoisotopic (exact) mass is 471 g/mol. The fourth-order valence-electron chi connectivity index (χ4n) is 2.96. The van der Waals surface area contributed by atoms with Crippen LogP contribution in [-0.4, -0.2) is 32.5 Å². The van der Waals surface area contributed by atoms with E-state index in [9.17, 15) is 9.59 Å². The zero-order valence-electron chi connectivity index (χ0n) is 17.5. The summed E-state index contributed by atoms with van der Waals surface area (Å²) >= 11 is 7.01. The molecule has 0 aliphatic carbocycles. The summed E-state index contributed by atoms with van der Waals surface area (Å²) in [5, 5.41) is 6.89. The molecule has 4 N–H and O–H groups in total. The third-order valence-corrected chi connectivity index (χ3v) is 5.95. The lowest BCUT2D eigenvalue weighted by Gasteiger charge is -2.09. The van der Waals surface area contributed by atoms with Gasteiger partial charge < -0.3 is 25.8 Å². The molecule has 166 valence electrons. The number of halogens is 1. The van der Waals surface area contributed by atoms with Gasteiger partial charge in [-0.25, -0.2) is 0 Å². The van der Waals surface area contributed by atoms with Crippen molar-refractivity contribution in [3.8, 4) is 11.5 Å². The van der Waals surface area contributed by atoms with E-state index in [0.29, 0.717) is 39.3 Å². The van der Waals surface area contributed by atoms with Gasteiger partial charge in [0.05, 0.1) is 25.5 Å². The molecule has 32 heavy (non-hydrogen) atoms. The van der Waals surface area contributed by atoms with E-state index in [1.807, 2.05) is 0 Å². The number of carbonyl (C=O) groups is 2. The maximum Gasteiger partial charge on any atom is 0.260 e. The topological polar surface area (TPSA) is 103 Å². The first-order chi connectivity index (χ1) is 15.4. The Morgan fingerprint density at radius 1 is 1.12 bits per heavy atom. The molecule has 0 unspecified atom stereocenters. The number of amides is 1. The van der Waals surface area contributed by atoms with Crippen molar-refractivity contribution in [3.05, 3.63) is 76.1 Å². The third-order valence-electron chi connectivity index (χ3n) is 4.53. The molecular formula is C23H22ClN3O4S. The highest BCUT2D eigenvalue weighted by molar-refractivity contribution is 7.19. The van der Waals surface area contributed by atoms with Gasteiger partial charge >= 0.3 is 0 Å². The summed E-state index contributed by atoms with van der Waals surface area (Å²) in [6.45, 7) is 4.07. The summed E-state index contributed by atoms with van der Waals surface area (Å²) in [6.07, 6.45) is 1.65. The normalized spacial score (nSPS) is 10.3. The Hall–Kier alpha value is -3.49. The zero-order chi connectivity index (χ0) is 23.3. The number of anilines is 3. The maximum atomic E-state index is 13.2. The first kappa shape index (κ1) is 23.2. The molecule has 1 heterocycles. The van der Waals surface area contributed by atoms with Gasteiger partial charge in [-0.15, -0.1) is 17.9 Å². The van der Waals surface area contributed by atoms with E-state index in [-0.39, 0.29) is 21.9 Å². The van der Waals surface area contributed by atoms with E-state index in [4.69, 9.17) is 26.8 Å². The molecule has 3 rings (SSSR count). The molecule has 0 spiro atoms. The second kappa shape index (κ2) is 10.2. The minimum atomic E-state index is -0.445. The maximum absolute atomic E-state index is 13.2. The van der Waals surface area contributed by atoms with E-state index in [1.165, 1.54) is 14.2 Å². The van der Waals surface area contributed by atoms with Crippen molar-refractivity contribution in [2.45, 2.75) is 0 Å². The molecule has 0 aliphatic rings. The van der Waals surface area contributed by atoms with Gasteiger partial charge in [0.25, 0.3) is 5.91 Å². The van der Waals surface area contributed by atoms with Crippen LogP contribution in [0.2, 0.25) is 5.02 Å². The van der Waals surface area contributed by atoms with E-state index in [2.05, 4.69) is 17.2 Å². The van der Waals surface area contributed by atoms with Gasteiger partial charge in [0.2, 0.25) is 5.78 Å². The van der Waals surface area contributed by atoms with Crippen molar-refractivity contribution in [1.29, 1.82) is 0 Å². The van der Waals surface area contributed by atoms with Gasteiger partial charge in [0.1, 0.15) is 9.88 Å². The summed E-state index contributed by atoms with van der Waals surface area (Å²) in [7, 11) is 3.00. The van der Waals surface area contributed by atoms with Crippen molar-refractivity contribution in [1.82, 2.24) is 0 Å². The molecule has 0 saturated heterocycles. The average Bonchev–Trinajstić information content (AvgIpc) is 3.14. The van der Waals surface area contributed by atoms with Crippen LogP contribution in [0.3, 0.4) is 0 Å². The highest BCUT2D eigenvalue weighted by Crippen LogP contribution is 2.38. The van der Waals surface area contributed by atoms with E-state index in [1.54, 1.807) is 48.5 Å². The number of rotatable bonds is 9. The van der Waals surface area contributed by atoms with E-state index < -0.39 is 5.91 Å². The molecule has 3 aromatic rings. The quantitative estimate of drug-likeness (QED) is 0.297. The van der Waals surface area contributed by atoms with Gasteiger partial charge in [-0.3, -0.25) is 9.59 Å². The number of ketones is 1. The summed E-state index contributed by atoms with van der Waals surface area (Å²) in [4.78, 5) is 26.5. The Kier molecular flexibility index (Phi) is 7.40. The van der Waals surface area contributed by atoms with Gasteiger partial charge in [-0.1, -0.05) is 17.7 Å². The van der Waals surface area contributed by atoms with Gasteiger partial charge in [0, 0.05) is 22.8 Å². The number of hydrogen-bond donors (Lipinski definition) is 3. The Balaban J connectivity index is 1.99. The van der Waals surface area contributed by atoms with Crippen molar-refractivity contribution in [2.24, 2.45) is 0 Å². The number of carbonyl (C=O) groups excluding carboxylic acids is 2. The van der Waals surface area contributed by atoms with Crippen LogP contribution in [0.25, 0.3) is 0 Å². The van der Waals surface area contributed by atoms with Crippen LogP contribution < -0.4 is 25.8 Å². The van der Waals surface area contributed by atoms with E-state index >= 15 is 0 Å². The molecule has 0 aliphatic heterocycles. The fraction of sp³-hybridized carbons (Fsp3) is 0.130. The lowest BCUT2D eigenvalue weighted by molar-refractivity contribution is 0.102. The number of benzene rings is 2. The van der Waals surface area contributed by atoms with Crippen molar-refractivity contribution < 1.29 is 19.1 Å². The molecule has 7 nitrogen and oxygen atoms in total. The van der Waals surface area contributed by atoms with Crippen LogP contribution in [0.15, 0.2) is 55.1 Å². The molecule has 1 amide bonds.